The molecule has 25 heavy (non-hydrogen) atoms. The van der Waals surface area contributed by atoms with Gasteiger partial charge in [0.1, 0.15) is 0 Å². The SMILES string of the molecule is CC(C(=O)Nc1cc(N)ccc1OC(F)(F)F)N1CC2CCC(C1)O2. The zero-order chi connectivity index (χ0) is 18.2. The summed E-state index contributed by atoms with van der Waals surface area (Å²) in [5.41, 5.74) is 5.73. The predicted octanol–water partition coefficient (Wildman–Crippen LogP) is 2.36. The number of benzene rings is 1. The van der Waals surface area contributed by atoms with Crippen LogP contribution in [0, 0.1) is 0 Å². The van der Waals surface area contributed by atoms with Gasteiger partial charge in [0, 0.05) is 18.8 Å². The minimum atomic E-state index is -4.86. The Morgan fingerprint density at radius 1 is 1.36 bits per heavy atom. The maximum absolute atomic E-state index is 12.5. The first-order valence-electron chi connectivity index (χ1n) is 8.07. The van der Waals surface area contributed by atoms with E-state index in [0.29, 0.717) is 13.1 Å². The molecular formula is C16H20F3N3O3. The van der Waals surface area contributed by atoms with Gasteiger partial charge in [-0.15, -0.1) is 13.2 Å². The molecule has 2 fully saturated rings. The van der Waals surface area contributed by atoms with Gasteiger partial charge in [-0.3, -0.25) is 9.69 Å². The molecule has 0 aromatic heterocycles. The molecule has 0 saturated carbocycles. The number of amides is 1. The Balaban J connectivity index is 1.70. The summed E-state index contributed by atoms with van der Waals surface area (Å²) in [5.74, 6) is -0.914. The van der Waals surface area contributed by atoms with Gasteiger partial charge in [-0.2, -0.15) is 0 Å². The molecule has 6 nitrogen and oxygen atoms in total. The van der Waals surface area contributed by atoms with E-state index in [1.54, 1.807) is 6.92 Å². The number of nitrogens with one attached hydrogen (secondary N) is 1. The molecule has 1 aromatic rings. The fraction of sp³-hybridized carbons (Fsp3) is 0.562. The van der Waals surface area contributed by atoms with Gasteiger partial charge in [-0.25, -0.2) is 0 Å². The number of halogens is 3. The second kappa shape index (κ2) is 6.72. The van der Waals surface area contributed by atoms with E-state index < -0.39 is 24.1 Å². The third-order valence-electron chi connectivity index (χ3n) is 4.49. The van der Waals surface area contributed by atoms with Crippen molar-refractivity contribution in [3.8, 4) is 5.75 Å². The maximum Gasteiger partial charge on any atom is 0.573 e. The van der Waals surface area contributed by atoms with Gasteiger partial charge in [-0.05, 0) is 38.0 Å². The van der Waals surface area contributed by atoms with E-state index in [1.807, 2.05) is 4.90 Å². The molecular weight excluding hydrogens is 339 g/mol. The number of rotatable bonds is 4. The van der Waals surface area contributed by atoms with E-state index in [4.69, 9.17) is 10.5 Å². The quantitative estimate of drug-likeness (QED) is 0.807. The molecule has 138 valence electrons. The molecule has 3 atom stereocenters. The summed E-state index contributed by atoms with van der Waals surface area (Å²) in [5, 5.41) is 2.49. The summed E-state index contributed by atoms with van der Waals surface area (Å²) >= 11 is 0. The van der Waals surface area contributed by atoms with Crippen molar-refractivity contribution in [2.75, 3.05) is 24.1 Å². The monoisotopic (exact) mass is 359 g/mol. The van der Waals surface area contributed by atoms with Crippen LogP contribution in [0.1, 0.15) is 19.8 Å². The average Bonchev–Trinajstić information content (AvgIpc) is 2.86. The van der Waals surface area contributed by atoms with Gasteiger partial charge in [0.15, 0.2) is 5.75 Å². The van der Waals surface area contributed by atoms with Crippen LogP contribution in [-0.4, -0.2) is 48.5 Å². The summed E-state index contributed by atoms with van der Waals surface area (Å²) < 4.78 is 47.2. The van der Waals surface area contributed by atoms with Crippen molar-refractivity contribution in [2.24, 2.45) is 0 Å². The average molecular weight is 359 g/mol. The summed E-state index contributed by atoms with van der Waals surface area (Å²) in [7, 11) is 0. The molecule has 3 N–H and O–H groups in total. The van der Waals surface area contributed by atoms with E-state index in [9.17, 15) is 18.0 Å². The molecule has 2 aliphatic rings. The number of fused-ring (bicyclic) bond motifs is 2. The number of carbonyl (C=O) groups excluding carboxylic acids is 1. The normalized spacial score (nSPS) is 24.8. The molecule has 0 radical (unpaired) electrons. The lowest BCUT2D eigenvalue weighted by Crippen LogP contribution is -2.51. The highest BCUT2D eigenvalue weighted by atomic mass is 19.4. The smallest absolute Gasteiger partial charge is 0.404 e. The van der Waals surface area contributed by atoms with E-state index >= 15 is 0 Å². The van der Waals surface area contributed by atoms with Gasteiger partial charge in [0.05, 0.1) is 23.9 Å². The summed E-state index contributed by atoms with van der Waals surface area (Å²) in [4.78, 5) is 14.5. The van der Waals surface area contributed by atoms with Crippen LogP contribution in [0.3, 0.4) is 0 Å². The maximum atomic E-state index is 12.5. The number of alkyl halides is 3. The second-order valence-electron chi connectivity index (χ2n) is 6.38. The highest BCUT2D eigenvalue weighted by Gasteiger charge is 2.37. The number of nitrogen functional groups attached to an aromatic ring is 1. The van der Waals surface area contributed by atoms with E-state index in [0.717, 1.165) is 18.9 Å². The third-order valence-corrected chi connectivity index (χ3v) is 4.49. The van der Waals surface area contributed by atoms with Crippen molar-refractivity contribution >= 4 is 17.3 Å². The highest BCUT2D eigenvalue weighted by molar-refractivity contribution is 5.96. The van der Waals surface area contributed by atoms with Crippen molar-refractivity contribution < 1.29 is 27.4 Å². The Morgan fingerprint density at radius 3 is 2.60 bits per heavy atom. The number of hydrogen-bond acceptors (Lipinski definition) is 5. The van der Waals surface area contributed by atoms with Gasteiger partial charge in [-0.1, -0.05) is 0 Å². The van der Waals surface area contributed by atoms with Crippen molar-refractivity contribution in [3.05, 3.63) is 18.2 Å². The highest BCUT2D eigenvalue weighted by Crippen LogP contribution is 2.32. The van der Waals surface area contributed by atoms with Crippen molar-refractivity contribution in [1.29, 1.82) is 0 Å². The zero-order valence-electron chi connectivity index (χ0n) is 13.7. The Bertz CT molecular complexity index is 641. The van der Waals surface area contributed by atoms with Crippen LogP contribution in [0.4, 0.5) is 24.5 Å². The van der Waals surface area contributed by atoms with Crippen LogP contribution < -0.4 is 15.8 Å². The standard InChI is InChI=1S/C16H20F3N3O3/c1-9(22-7-11-3-4-12(8-22)24-11)15(23)21-13-6-10(20)2-5-14(13)25-16(17,18)19/h2,5-6,9,11-12H,3-4,7-8,20H2,1H3,(H,21,23). The molecule has 2 bridgehead atoms. The largest absolute Gasteiger partial charge is 0.573 e. The number of ether oxygens (including phenoxy) is 2. The molecule has 9 heteroatoms. The molecule has 3 unspecified atom stereocenters. The molecule has 2 heterocycles. The summed E-state index contributed by atoms with van der Waals surface area (Å²) in [6.45, 7) is 2.98. The number of hydrogen-bond donors (Lipinski definition) is 2. The van der Waals surface area contributed by atoms with Crippen molar-refractivity contribution in [2.45, 2.75) is 44.4 Å². The van der Waals surface area contributed by atoms with Crippen LogP contribution in [0.15, 0.2) is 18.2 Å². The first-order chi connectivity index (χ1) is 11.7. The zero-order valence-corrected chi connectivity index (χ0v) is 13.7. The lowest BCUT2D eigenvalue weighted by atomic mass is 10.2. The minimum absolute atomic E-state index is 0.106. The van der Waals surface area contributed by atoms with Crippen LogP contribution in [0.5, 0.6) is 5.75 Å². The molecule has 3 rings (SSSR count). The molecule has 0 spiro atoms. The van der Waals surface area contributed by atoms with Crippen molar-refractivity contribution in [1.82, 2.24) is 4.90 Å². The first-order valence-corrected chi connectivity index (χ1v) is 8.07. The number of anilines is 2. The summed E-state index contributed by atoms with van der Waals surface area (Å²) in [6.07, 6.45) is -2.69. The number of nitrogens with zero attached hydrogens (tertiary/aromatic N) is 1. The lowest BCUT2D eigenvalue weighted by Gasteiger charge is -2.35. The van der Waals surface area contributed by atoms with Gasteiger partial charge in [0.2, 0.25) is 5.91 Å². The molecule has 0 aliphatic carbocycles. The fourth-order valence-electron chi connectivity index (χ4n) is 3.22. The Hall–Kier alpha value is -2.00. The number of likely N-dealkylation sites (tertiary alicyclic amines) is 1. The summed E-state index contributed by atoms with van der Waals surface area (Å²) in [6, 6.07) is 3.10. The molecule has 1 aromatic carbocycles. The van der Waals surface area contributed by atoms with Gasteiger partial charge in [0.25, 0.3) is 0 Å². The number of carbonyl (C=O) groups is 1. The third kappa shape index (κ3) is 4.35. The second-order valence-corrected chi connectivity index (χ2v) is 6.38. The Morgan fingerprint density at radius 2 is 2.00 bits per heavy atom. The molecule has 2 aliphatic heterocycles. The topological polar surface area (TPSA) is 76.8 Å². The predicted molar refractivity (Wildman–Crippen MR) is 85.1 cm³/mol. The fourth-order valence-corrected chi connectivity index (χ4v) is 3.22. The van der Waals surface area contributed by atoms with Crippen LogP contribution >= 0.6 is 0 Å². The van der Waals surface area contributed by atoms with Crippen LogP contribution in [-0.2, 0) is 9.53 Å². The first kappa shape index (κ1) is 17.8. The van der Waals surface area contributed by atoms with E-state index in [-0.39, 0.29) is 23.6 Å². The molecule has 1 amide bonds. The van der Waals surface area contributed by atoms with Crippen molar-refractivity contribution in [3.63, 3.8) is 0 Å². The van der Waals surface area contributed by atoms with E-state index in [2.05, 4.69) is 10.1 Å². The van der Waals surface area contributed by atoms with Crippen LogP contribution in [0.25, 0.3) is 0 Å². The lowest BCUT2D eigenvalue weighted by molar-refractivity contribution is -0.274. The minimum Gasteiger partial charge on any atom is -0.404 e. The van der Waals surface area contributed by atoms with Gasteiger partial charge < -0.3 is 20.5 Å². The Kier molecular flexibility index (Phi) is 4.79. The van der Waals surface area contributed by atoms with E-state index in [1.165, 1.54) is 12.1 Å². The number of morpholine rings is 1. The molecule has 2 saturated heterocycles. The Labute approximate surface area is 143 Å². The number of nitrogens with two attached hydrogens (primary N) is 1. The van der Waals surface area contributed by atoms with Gasteiger partial charge >= 0.3 is 6.36 Å². The van der Waals surface area contributed by atoms with Crippen LogP contribution in [0.2, 0.25) is 0 Å².